The quantitative estimate of drug-likeness (QED) is 0.521. The molecule has 4 nitrogen and oxygen atoms in total. The predicted molar refractivity (Wildman–Crippen MR) is 121 cm³/mol. The standard InChI is InChI=1S/C25H34N4/c1-23(2,3)17-10-11-26-20(12-17)21-13-18(24(4,5)6)14-22(28-21)29-16-19(15-27-29)25(7,8)9/h10-16H,1-9H3. The molecule has 0 amide bonds. The van der Waals surface area contributed by atoms with E-state index < -0.39 is 0 Å². The van der Waals surface area contributed by atoms with Crippen LogP contribution >= 0.6 is 0 Å². The first kappa shape index (κ1) is 21.2. The van der Waals surface area contributed by atoms with Crippen LogP contribution in [-0.2, 0) is 16.2 Å². The molecule has 0 atom stereocenters. The zero-order valence-corrected chi connectivity index (χ0v) is 19.3. The number of hydrogen-bond acceptors (Lipinski definition) is 3. The van der Waals surface area contributed by atoms with Crippen LogP contribution in [0, 0.1) is 0 Å². The maximum Gasteiger partial charge on any atom is 0.154 e. The fraction of sp³-hybridized carbons (Fsp3) is 0.480. The van der Waals surface area contributed by atoms with Gasteiger partial charge in [0.1, 0.15) is 0 Å². The van der Waals surface area contributed by atoms with Crippen molar-refractivity contribution in [1.82, 2.24) is 19.7 Å². The van der Waals surface area contributed by atoms with Gasteiger partial charge in [-0.15, -0.1) is 0 Å². The van der Waals surface area contributed by atoms with Gasteiger partial charge < -0.3 is 0 Å². The van der Waals surface area contributed by atoms with E-state index in [0.29, 0.717) is 0 Å². The normalized spacial score (nSPS) is 13.0. The van der Waals surface area contributed by atoms with E-state index in [4.69, 9.17) is 4.98 Å². The second-order valence-electron chi connectivity index (χ2n) is 11.0. The monoisotopic (exact) mass is 390 g/mol. The minimum Gasteiger partial charge on any atom is -0.255 e. The maximum absolute atomic E-state index is 4.94. The Morgan fingerprint density at radius 1 is 0.690 bits per heavy atom. The summed E-state index contributed by atoms with van der Waals surface area (Å²) in [6.45, 7) is 19.9. The second-order valence-corrected chi connectivity index (χ2v) is 11.0. The molecule has 3 aromatic heterocycles. The van der Waals surface area contributed by atoms with Crippen LogP contribution in [0.4, 0.5) is 0 Å². The maximum atomic E-state index is 4.94. The van der Waals surface area contributed by atoms with Crippen LogP contribution in [0.1, 0.15) is 79.0 Å². The molecule has 3 heterocycles. The summed E-state index contributed by atoms with van der Waals surface area (Å²) in [6.07, 6.45) is 5.90. The number of rotatable bonds is 2. The summed E-state index contributed by atoms with van der Waals surface area (Å²) in [5.74, 6) is 0.825. The third-order valence-electron chi connectivity index (χ3n) is 5.25. The molecule has 0 radical (unpaired) electrons. The van der Waals surface area contributed by atoms with Crippen molar-refractivity contribution in [3.8, 4) is 17.2 Å². The first-order valence-corrected chi connectivity index (χ1v) is 10.3. The first-order chi connectivity index (χ1) is 13.2. The second kappa shape index (κ2) is 7.08. The molecule has 29 heavy (non-hydrogen) atoms. The van der Waals surface area contributed by atoms with Crippen molar-refractivity contribution in [2.45, 2.75) is 78.6 Å². The zero-order valence-electron chi connectivity index (χ0n) is 19.3. The van der Waals surface area contributed by atoms with Crippen molar-refractivity contribution in [2.24, 2.45) is 0 Å². The molecule has 154 valence electrons. The molecule has 0 aliphatic rings. The fourth-order valence-electron chi connectivity index (χ4n) is 3.07. The predicted octanol–water partition coefficient (Wildman–Crippen LogP) is 6.22. The van der Waals surface area contributed by atoms with Gasteiger partial charge in [-0.25, -0.2) is 9.67 Å². The molecule has 3 rings (SSSR count). The zero-order chi connectivity index (χ0) is 21.6. The van der Waals surface area contributed by atoms with E-state index in [-0.39, 0.29) is 16.2 Å². The fourth-order valence-corrected chi connectivity index (χ4v) is 3.07. The molecule has 0 fully saturated rings. The molecule has 0 spiro atoms. The van der Waals surface area contributed by atoms with Crippen LogP contribution in [0.25, 0.3) is 17.2 Å². The molecule has 0 saturated heterocycles. The largest absolute Gasteiger partial charge is 0.255 e. The highest BCUT2D eigenvalue weighted by Crippen LogP contribution is 2.30. The summed E-state index contributed by atoms with van der Waals surface area (Å²) in [5.41, 5.74) is 5.54. The summed E-state index contributed by atoms with van der Waals surface area (Å²) in [7, 11) is 0. The lowest BCUT2D eigenvalue weighted by atomic mass is 9.85. The third-order valence-corrected chi connectivity index (χ3v) is 5.25. The summed E-state index contributed by atoms with van der Waals surface area (Å²) in [6, 6.07) is 8.53. The van der Waals surface area contributed by atoms with E-state index >= 15 is 0 Å². The van der Waals surface area contributed by atoms with Gasteiger partial charge in [0.25, 0.3) is 0 Å². The molecule has 0 bridgehead atoms. The summed E-state index contributed by atoms with van der Waals surface area (Å²) >= 11 is 0. The Balaban J connectivity index is 2.17. The van der Waals surface area contributed by atoms with E-state index in [0.717, 1.165) is 17.2 Å². The van der Waals surface area contributed by atoms with Gasteiger partial charge in [0.05, 0.1) is 17.6 Å². The average molecular weight is 391 g/mol. The van der Waals surface area contributed by atoms with E-state index in [2.05, 4.69) is 103 Å². The van der Waals surface area contributed by atoms with Crippen LogP contribution in [0.2, 0.25) is 0 Å². The van der Waals surface area contributed by atoms with Gasteiger partial charge in [-0.1, -0.05) is 62.3 Å². The van der Waals surface area contributed by atoms with Crippen molar-refractivity contribution in [3.05, 3.63) is 59.5 Å². The Morgan fingerprint density at radius 2 is 1.28 bits per heavy atom. The molecule has 0 saturated carbocycles. The van der Waals surface area contributed by atoms with Gasteiger partial charge in [-0.2, -0.15) is 5.10 Å². The van der Waals surface area contributed by atoms with Crippen LogP contribution in [-0.4, -0.2) is 19.7 Å². The summed E-state index contributed by atoms with van der Waals surface area (Å²) in [4.78, 5) is 9.58. The molecule has 0 aromatic carbocycles. The lowest BCUT2D eigenvalue weighted by molar-refractivity contribution is 0.586. The Kier molecular flexibility index (Phi) is 5.18. The Hall–Kier alpha value is -2.49. The van der Waals surface area contributed by atoms with Crippen molar-refractivity contribution >= 4 is 0 Å². The summed E-state index contributed by atoms with van der Waals surface area (Å²) in [5, 5.41) is 4.60. The molecule has 0 unspecified atom stereocenters. The molecule has 4 heteroatoms. The van der Waals surface area contributed by atoms with Crippen molar-refractivity contribution in [2.75, 3.05) is 0 Å². The Labute approximate surface area is 175 Å². The van der Waals surface area contributed by atoms with E-state index in [1.165, 1.54) is 16.7 Å². The van der Waals surface area contributed by atoms with Crippen LogP contribution in [0.15, 0.2) is 42.9 Å². The van der Waals surface area contributed by atoms with Gasteiger partial charge in [-0.05, 0) is 57.2 Å². The Bertz CT molecular complexity index is 1010. The molecular weight excluding hydrogens is 356 g/mol. The minimum absolute atomic E-state index is 0.00587. The summed E-state index contributed by atoms with van der Waals surface area (Å²) < 4.78 is 1.88. The van der Waals surface area contributed by atoms with E-state index in [1.807, 2.05) is 17.1 Å². The molecule has 0 N–H and O–H groups in total. The highest BCUT2D eigenvalue weighted by atomic mass is 15.3. The van der Waals surface area contributed by atoms with Crippen molar-refractivity contribution < 1.29 is 0 Å². The van der Waals surface area contributed by atoms with E-state index in [1.54, 1.807) is 0 Å². The first-order valence-electron chi connectivity index (χ1n) is 10.3. The smallest absolute Gasteiger partial charge is 0.154 e. The Morgan fingerprint density at radius 3 is 1.83 bits per heavy atom. The van der Waals surface area contributed by atoms with Gasteiger partial charge >= 0.3 is 0 Å². The molecule has 3 aromatic rings. The van der Waals surface area contributed by atoms with Gasteiger partial charge in [0.15, 0.2) is 5.82 Å². The topological polar surface area (TPSA) is 43.6 Å². The van der Waals surface area contributed by atoms with Crippen LogP contribution in [0.5, 0.6) is 0 Å². The number of aromatic nitrogens is 4. The van der Waals surface area contributed by atoms with E-state index in [9.17, 15) is 0 Å². The number of pyridine rings is 2. The lowest BCUT2D eigenvalue weighted by Gasteiger charge is -2.22. The van der Waals surface area contributed by atoms with Gasteiger partial charge in [0.2, 0.25) is 0 Å². The lowest BCUT2D eigenvalue weighted by Crippen LogP contribution is -2.14. The minimum atomic E-state index is -0.00587. The number of nitrogens with zero attached hydrogens (tertiary/aromatic N) is 4. The third kappa shape index (κ3) is 4.75. The van der Waals surface area contributed by atoms with Crippen LogP contribution in [0.3, 0.4) is 0 Å². The van der Waals surface area contributed by atoms with Gasteiger partial charge in [-0.3, -0.25) is 4.98 Å². The molecular formula is C25H34N4. The van der Waals surface area contributed by atoms with Crippen LogP contribution < -0.4 is 0 Å². The highest BCUT2D eigenvalue weighted by Gasteiger charge is 2.21. The number of hydrogen-bond donors (Lipinski definition) is 0. The molecule has 0 aliphatic heterocycles. The van der Waals surface area contributed by atoms with Crippen molar-refractivity contribution in [1.29, 1.82) is 0 Å². The SMILES string of the molecule is CC(C)(C)c1ccnc(-c2cc(C(C)(C)C)cc(-n3cc(C(C)(C)C)cn3)n2)c1. The van der Waals surface area contributed by atoms with Crippen molar-refractivity contribution in [3.63, 3.8) is 0 Å². The highest BCUT2D eigenvalue weighted by molar-refractivity contribution is 5.59. The molecule has 0 aliphatic carbocycles. The average Bonchev–Trinajstić information content (AvgIpc) is 3.10. The van der Waals surface area contributed by atoms with Gasteiger partial charge in [0, 0.05) is 12.4 Å².